The summed E-state index contributed by atoms with van der Waals surface area (Å²) < 4.78 is 17.8. The van der Waals surface area contributed by atoms with Gasteiger partial charge in [0.15, 0.2) is 12.1 Å². The Balaban J connectivity index is 1.50. The zero-order chi connectivity index (χ0) is 20.5. The molecule has 1 aliphatic carbocycles. The predicted octanol–water partition coefficient (Wildman–Crippen LogP) is 5.85. The number of ether oxygens (including phenoxy) is 3. The molecule has 4 heteroatoms. The number of carbonyl (C=O) groups excluding carboxylic acids is 1. The van der Waals surface area contributed by atoms with Gasteiger partial charge in [0.1, 0.15) is 6.10 Å². The van der Waals surface area contributed by atoms with Crippen LogP contribution in [-0.2, 0) is 19.0 Å². The van der Waals surface area contributed by atoms with Gasteiger partial charge in [0.2, 0.25) is 0 Å². The third-order valence-corrected chi connectivity index (χ3v) is 6.53. The number of hydrogen-bond acceptors (Lipinski definition) is 4. The molecule has 3 rings (SSSR count). The number of hydrogen-bond donors (Lipinski definition) is 0. The molecule has 0 aromatic heterocycles. The molecule has 162 valence electrons. The van der Waals surface area contributed by atoms with Crippen molar-refractivity contribution in [3.8, 4) is 0 Å². The van der Waals surface area contributed by atoms with Gasteiger partial charge in [0, 0.05) is 24.5 Å². The molecule has 0 N–H and O–H groups in total. The van der Waals surface area contributed by atoms with E-state index in [1.165, 1.54) is 44.9 Å². The van der Waals surface area contributed by atoms with E-state index >= 15 is 0 Å². The summed E-state index contributed by atoms with van der Waals surface area (Å²) in [5.41, 5.74) is 0.979. The summed E-state index contributed by atoms with van der Waals surface area (Å²) in [6, 6.07) is 9.91. The summed E-state index contributed by atoms with van der Waals surface area (Å²) in [4.78, 5) is 13.3. The zero-order valence-corrected chi connectivity index (χ0v) is 18.2. The molecule has 1 aromatic rings. The van der Waals surface area contributed by atoms with E-state index in [9.17, 15) is 4.79 Å². The van der Waals surface area contributed by atoms with Crippen LogP contribution in [0.5, 0.6) is 0 Å². The lowest BCUT2D eigenvalue weighted by Gasteiger charge is -2.44. The second-order valence-electron chi connectivity index (χ2n) is 8.67. The summed E-state index contributed by atoms with van der Waals surface area (Å²) in [7, 11) is 1.73. The number of rotatable bonds is 11. The van der Waals surface area contributed by atoms with Crippen LogP contribution in [-0.4, -0.2) is 31.7 Å². The van der Waals surface area contributed by atoms with Crippen LogP contribution in [0.2, 0.25) is 0 Å². The molecule has 2 fully saturated rings. The highest BCUT2D eigenvalue weighted by atomic mass is 16.7. The first-order valence-corrected chi connectivity index (χ1v) is 11.6. The molecule has 0 spiro atoms. The Bertz CT molecular complexity index is 602. The summed E-state index contributed by atoms with van der Waals surface area (Å²) in [5.74, 6) is 0.276. The second-order valence-corrected chi connectivity index (χ2v) is 8.67. The molecule has 5 atom stereocenters. The molecular weight excluding hydrogens is 364 g/mol. The number of benzene rings is 1. The number of ketones is 1. The Morgan fingerprint density at radius 3 is 2.38 bits per heavy atom. The molecule has 1 saturated heterocycles. The Kier molecular flexibility index (Phi) is 9.16. The van der Waals surface area contributed by atoms with Crippen molar-refractivity contribution >= 4 is 5.78 Å². The van der Waals surface area contributed by atoms with Crippen LogP contribution in [0.4, 0.5) is 0 Å². The fourth-order valence-corrected chi connectivity index (χ4v) is 4.80. The lowest BCUT2D eigenvalue weighted by Crippen LogP contribution is -2.53. The highest BCUT2D eigenvalue weighted by Gasteiger charge is 2.47. The maximum absolute atomic E-state index is 13.3. The van der Waals surface area contributed by atoms with Gasteiger partial charge in [-0.3, -0.25) is 4.79 Å². The van der Waals surface area contributed by atoms with Crippen LogP contribution in [0.25, 0.3) is 0 Å². The molecule has 1 aliphatic heterocycles. The average Bonchev–Trinajstić information content (AvgIpc) is 2.77. The maximum Gasteiger partial charge on any atom is 0.184 e. The van der Waals surface area contributed by atoms with E-state index < -0.39 is 6.29 Å². The normalized spacial score (nSPS) is 29.6. The topological polar surface area (TPSA) is 44.8 Å². The first-order chi connectivity index (χ1) is 14.2. The quantitative estimate of drug-likeness (QED) is 0.435. The van der Waals surface area contributed by atoms with Gasteiger partial charge < -0.3 is 14.2 Å². The van der Waals surface area contributed by atoms with Gasteiger partial charge >= 0.3 is 0 Å². The van der Waals surface area contributed by atoms with Gasteiger partial charge in [-0.05, 0) is 12.8 Å². The van der Waals surface area contributed by atoms with Gasteiger partial charge in [-0.1, -0.05) is 88.6 Å². The summed E-state index contributed by atoms with van der Waals surface area (Å²) in [6.45, 7) is 2.81. The molecule has 2 aliphatic rings. The second kappa shape index (κ2) is 11.8. The fourth-order valence-electron chi connectivity index (χ4n) is 4.80. The van der Waals surface area contributed by atoms with E-state index in [1.54, 1.807) is 7.11 Å². The minimum atomic E-state index is -0.440. The van der Waals surface area contributed by atoms with Crippen molar-refractivity contribution in [2.45, 2.75) is 89.6 Å². The lowest BCUT2D eigenvalue weighted by molar-refractivity contribution is -0.250. The number of methoxy groups -OCH3 is 1. The van der Waals surface area contributed by atoms with E-state index in [0.717, 1.165) is 24.8 Å². The number of unbranched alkanes of at least 4 members (excludes halogenated alkanes) is 7. The lowest BCUT2D eigenvalue weighted by atomic mass is 9.74. The molecule has 0 unspecified atom stereocenters. The van der Waals surface area contributed by atoms with E-state index in [-0.39, 0.29) is 29.8 Å². The molecule has 4 nitrogen and oxygen atoms in total. The van der Waals surface area contributed by atoms with Crippen LogP contribution in [0.1, 0.15) is 83.0 Å². The van der Waals surface area contributed by atoms with Crippen molar-refractivity contribution in [1.29, 1.82) is 0 Å². The highest BCUT2D eigenvalue weighted by Crippen LogP contribution is 2.39. The Hall–Kier alpha value is -1.23. The number of Topliss-reactive ketones (excluding diaryl/α,β-unsaturated/α-hetero) is 1. The third-order valence-electron chi connectivity index (χ3n) is 6.53. The van der Waals surface area contributed by atoms with Gasteiger partial charge in [-0.2, -0.15) is 0 Å². The van der Waals surface area contributed by atoms with Gasteiger partial charge in [0.25, 0.3) is 0 Å². The first-order valence-electron chi connectivity index (χ1n) is 11.6. The molecule has 1 saturated carbocycles. The molecule has 0 amide bonds. The number of fused-ring (bicyclic) bond motifs is 1. The van der Waals surface area contributed by atoms with E-state index in [2.05, 4.69) is 6.92 Å². The van der Waals surface area contributed by atoms with Crippen molar-refractivity contribution in [2.24, 2.45) is 11.8 Å². The molecule has 29 heavy (non-hydrogen) atoms. The average molecular weight is 403 g/mol. The smallest absolute Gasteiger partial charge is 0.184 e. The third kappa shape index (κ3) is 6.13. The predicted molar refractivity (Wildman–Crippen MR) is 115 cm³/mol. The first kappa shape index (κ1) is 22.5. The molecular formula is C25H38O4. The van der Waals surface area contributed by atoms with Crippen molar-refractivity contribution in [3.63, 3.8) is 0 Å². The van der Waals surface area contributed by atoms with Gasteiger partial charge in [-0.25, -0.2) is 0 Å². The van der Waals surface area contributed by atoms with E-state index in [0.29, 0.717) is 6.61 Å². The minimum absolute atomic E-state index is 0.00576. The van der Waals surface area contributed by atoms with Crippen LogP contribution < -0.4 is 0 Å². The van der Waals surface area contributed by atoms with Crippen molar-refractivity contribution in [1.82, 2.24) is 0 Å². The monoisotopic (exact) mass is 402 g/mol. The maximum atomic E-state index is 13.3. The summed E-state index contributed by atoms with van der Waals surface area (Å²) >= 11 is 0. The molecule has 1 aromatic carbocycles. The number of carbonyl (C=O) groups is 1. The Labute approximate surface area is 176 Å². The zero-order valence-electron chi connectivity index (χ0n) is 18.2. The highest BCUT2D eigenvalue weighted by molar-refractivity contribution is 5.87. The Morgan fingerprint density at radius 1 is 1.00 bits per heavy atom. The van der Waals surface area contributed by atoms with E-state index in [1.807, 2.05) is 30.3 Å². The summed E-state index contributed by atoms with van der Waals surface area (Å²) in [6.07, 6.45) is 11.2. The van der Waals surface area contributed by atoms with Crippen LogP contribution in [0.3, 0.4) is 0 Å². The molecule has 1 heterocycles. The van der Waals surface area contributed by atoms with Crippen molar-refractivity contribution in [3.05, 3.63) is 35.9 Å². The largest absolute Gasteiger partial charge is 0.381 e. The van der Waals surface area contributed by atoms with Crippen LogP contribution in [0.15, 0.2) is 30.3 Å². The Morgan fingerprint density at radius 2 is 1.69 bits per heavy atom. The fraction of sp³-hybridized carbons (Fsp3) is 0.720. The summed E-state index contributed by atoms with van der Waals surface area (Å²) in [5, 5.41) is 0. The van der Waals surface area contributed by atoms with Crippen LogP contribution in [0, 0.1) is 11.8 Å². The molecule has 0 radical (unpaired) electrons. The van der Waals surface area contributed by atoms with Gasteiger partial charge in [0.05, 0.1) is 12.7 Å². The van der Waals surface area contributed by atoms with Crippen LogP contribution >= 0.6 is 0 Å². The van der Waals surface area contributed by atoms with Gasteiger partial charge in [-0.15, -0.1) is 0 Å². The standard InChI is InChI=1S/C25H38O4/c1-3-4-5-6-7-8-9-13-16-21-22(27-2)17-20-18-28-25(29-24(20)23(21)26)19-14-11-10-12-15-19/h10-12,14-15,20-22,24-25H,3-9,13,16-18H2,1-2H3/t20-,21-,22+,24-,25-/m1/s1. The van der Waals surface area contributed by atoms with E-state index in [4.69, 9.17) is 14.2 Å². The SMILES string of the molecule is CCCCCCCCCC[C@H]1C(=O)[C@@H]2O[C@H](c3ccccc3)OC[C@H]2C[C@@H]1OC. The van der Waals surface area contributed by atoms with Crippen molar-refractivity contribution in [2.75, 3.05) is 13.7 Å². The minimum Gasteiger partial charge on any atom is -0.381 e. The molecule has 0 bridgehead atoms. The van der Waals surface area contributed by atoms with Crippen molar-refractivity contribution < 1.29 is 19.0 Å².